The van der Waals surface area contributed by atoms with Crippen LogP contribution in [-0.4, -0.2) is 24.2 Å². The van der Waals surface area contributed by atoms with Crippen LogP contribution in [-0.2, 0) is 11.2 Å². The number of rotatable bonds is 12. The zero-order chi connectivity index (χ0) is 17.1. The van der Waals surface area contributed by atoms with Gasteiger partial charge in [0.2, 0.25) is 0 Å². The Hall–Kier alpha value is -0.311. The average Bonchev–Trinajstić information content (AvgIpc) is 2.55. The first-order valence-corrected chi connectivity index (χ1v) is 17.1. The Morgan fingerprint density at radius 1 is 0.826 bits per heavy atom. The third-order valence-electron chi connectivity index (χ3n) is 5.05. The third-order valence-corrected chi connectivity index (χ3v) is 20.7. The Morgan fingerprint density at radius 2 is 1.26 bits per heavy atom. The first-order chi connectivity index (χ1) is 11.1. The molecule has 0 aliphatic heterocycles. The topological polar surface area (TPSA) is 17.1 Å². The van der Waals surface area contributed by atoms with Crippen LogP contribution in [0.2, 0.25) is 13.3 Å². The Morgan fingerprint density at radius 3 is 1.61 bits per heavy atom. The van der Waals surface area contributed by atoms with Gasteiger partial charge in [-0.25, -0.2) is 0 Å². The molecule has 0 heterocycles. The second-order valence-electron chi connectivity index (χ2n) is 7.17. The normalized spacial score (nSPS) is 11.7. The van der Waals surface area contributed by atoms with Crippen LogP contribution in [0.1, 0.15) is 71.8 Å². The minimum atomic E-state index is -2.27. The molecule has 0 saturated carbocycles. The van der Waals surface area contributed by atoms with Crippen molar-refractivity contribution in [2.45, 2.75) is 86.0 Å². The molecule has 1 aromatic rings. The summed E-state index contributed by atoms with van der Waals surface area (Å²) >= 11 is -2.27. The van der Waals surface area contributed by atoms with E-state index in [1.165, 1.54) is 57.4 Å². The van der Waals surface area contributed by atoms with Gasteiger partial charge in [-0.1, -0.05) is 0 Å². The molecule has 130 valence electrons. The van der Waals surface area contributed by atoms with Crippen LogP contribution in [0.3, 0.4) is 0 Å². The van der Waals surface area contributed by atoms with Crippen molar-refractivity contribution in [1.82, 2.24) is 0 Å². The van der Waals surface area contributed by atoms with Crippen molar-refractivity contribution in [2.75, 3.05) is 0 Å². The first-order valence-electron chi connectivity index (χ1n) is 9.66. The van der Waals surface area contributed by atoms with E-state index >= 15 is 0 Å². The zero-order valence-corrected chi connectivity index (χ0v) is 18.6. The molecule has 1 rings (SSSR count). The fraction of sp³-hybridized carbons (Fsp3) is 0.667. The molecule has 0 aromatic heterocycles. The van der Waals surface area contributed by atoms with E-state index in [4.69, 9.17) is 0 Å². The average molecular weight is 423 g/mol. The van der Waals surface area contributed by atoms with Crippen molar-refractivity contribution in [3.05, 3.63) is 29.8 Å². The molecular formula is C21H36OSn. The molecule has 0 N–H and O–H groups in total. The summed E-state index contributed by atoms with van der Waals surface area (Å²) in [6.07, 6.45) is 8.75. The molecule has 1 nitrogen and oxygen atoms in total. The third kappa shape index (κ3) is 6.99. The van der Waals surface area contributed by atoms with E-state index in [-0.39, 0.29) is 5.78 Å². The summed E-state index contributed by atoms with van der Waals surface area (Å²) in [5.74, 6) is 0.260. The summed E-state index contributed by atoms with van der Waals surface area (Å²) in [5.41, 5.74) is 1.18. The SMILES string of the molecule is CCC[CH2][Sn]([CH2]CCC)([CH2]CCC)[c]1ccc(CC(C)=O)cc1. The number of carbonyl (C=O) groups is 1. The quantitative estimate of drug-likeness (QED) is 0.384. The number of benzene rings is 1. The molecule has 23 heavy (non-hydrogen) atoms. The summed E-state index contributed by atoms with van der Waals surface area (Å²) < 4.78 is 6.24. The van der Waals surface area contributed by atoms with E-state index in [0.29, 0.717) is 6.42 Å². The first kappa shape index (κ1) is 20.7. The summed E-state index contributed by atoms with van der Waals surface area (Å²) in [4.78, 5) is 11.3. The summed E-state index contributed by atoms with van der Waals surface area (Å²) in [7, 11) is 0. The van der Waals surface area contributed by atoms with Gasteiger partial charge in [-0.15, -0.1) is 0 Å². The van der Waals surface area contributed by atoms with Gasteiger partial charge < -0.3 is 0 Å². The van der Waals surface area contributed by atoms with E-state index in [2.05, 4.69) is 45.0 Å². The Bertz CT molecular complexity index is 428. The molecule has 2 heteroatoms. The van der Waals surface area contributed by atoms with Gasteiger partial charge in [0, 0.05) is 0 Å². The van der Waals surface area contributed by atoms with Crippen molar-refractivity contribution in [3.8, 4) is 0 Å². The Kier molecular flexibility index (Phi) is 10.2. The molecule has 0 saturated heterocycles. The maximum atomic E-state index is 11.3. The van der Waals surface area contributed by atoms with E-state index < -0.39 is 18.4 Å². The number of hydrogen-bond acceptors (Lipinski definition) is 1. The van der Waals surface area contributed by atoms with Crippen molar-refractivity contribution in [2.24, 2.45) is 0 Å². The van der Waals surface area contributed by atoms with Crippen LogP contribution < -0.4 is 3.58 Å². The van der Waals surface area contributed by atoms with Crippen LogP contribution in [0.25, 0.3) is 0 Å². The predicted molar refractivity (Wildman–Crippen MR) is 105 cm³/mol. The molecule has 0 radical (unpaired) electrons. The van der Waals surface area contributed by atoms with Gasteiger partial charge in [0.1, 0.15) is 0 Å². The molecule has 1 aromatic carbocycles. The maximum absolute atomic E-state index is 11.3. The van der Waals surface area contributed by atoms with Crippen molar-refractivity contribution in [3.63, 3.8) is 0 Å². The molecule has 0 aliphatic carbocycles. The number of hydrogen-bond donors (Lipinski definition) is 0. The fourth-order valence-corrected chi connectivity index (χ4v) is 19.5. The van der Waals surface area contributed by atoms with Gasteiger partial charge in [-0.3, -0.25) is 0 Å². The monoisotopic (exact) mass is 424 g/mol. The van der Waals surface area contributed by atoms with Crippen LogP contribution in [0.5, 0.6) is 0 Å². The molecule has 0 atom stereocenters. The standard InChI is InChI=1S/C9H9O.3C4H9.Sn/c1-8(10)7-9-5-3-2-4-6-9;3*1-3-4-2;/h3-6H,7H2,1H3;3*1,3-4H2,2H3;. The molecule has 0 bridgehead atoms. The van der Waals surface area contributed by atoms with Crippen molar-refractivity contribution in [1.29, 1.82) is 0 Å². The summed E-state index contributed by atoms with van der Waals surface area (Å²) in [5, 5.41) is 0. The molecule has 0 unspecified atom stereocenters. The van der Waals surface area contributed by atoms with Crippen molar-refractivity contribution >= 4 is 27.7 Å². The van der Waals surface area contributed by atoms with Crippen LogP contribution >= 0.6 is 0 Å². The van der Waals surface area contributed by atoms with E-state index in [1.54, 1.807) is 10.5 Å². The van der Waals surface area contributed by atoms with Gasteiger partial charge in [0.05, 0.1) is 0 Å². The Labute approximate surface area is 148 Å². The van der Waals surface area contributed by atoms with Crippen molar-refractivity contribution < 1.29 is 4.79 Å². The van der Waals surface area contributed by atoms with Crippen LogP contribution in [0.4, 0.5) is 0 Å². The summed E-state index contributed by atoms with van der Waals surface area (Å²) in [6, 6.07) is 9.25. The zero-order valence-electron chi connectivity index (χ0n) is 15.8. The van der Waals surface area contributed by atoms with Gasteiger partial charge >= 0.3 is 148 Å². The minimum absolute atomic E-state index is 0.260. The molecule has 0 aliphatic rings. The van der Waals surface area contributed by atoms with Crippen LogP contribution in [0, 0.1) is 0 Å². The number of carbonyl (C=O) groups excluding carboxylic acids is 1. The summed E-state index contributed by atoms with van der Waals surface area (Å²) in [6.45, 7) is 8.66. The molecule has 0 spiro atoms. The number of unbranched alkanes of at least 4 members (excludes halogenated alkanes) is 3. The fourth-order valence-electron chi connectivity index (χ4n) is 3.62. The number of Topliss-reactive ketones (excluding diaryl/α,β-unsaturated/α-hetero) is 1. The van der Waals surface area contributed by atoms with Gasteiger partial charge in [0.15, 0.2) is 0 Å². The van der Waals surface area contributed by atoms with Gasteiger partial charge in [-0.2, -0.15) is 0 Å². The molecule has 0 amide bonds. The predicted octanol–water partition coefficient (Wildman–Crippen LogP) is 5.87. The van der Waals surface area contributed by atoms with E-state index in [1.807, 2.05) is 0 Å². The van der Waals surface area contributed by atoms with Gasteiger partial charge in [0.25, 0.3) is 0 Å². The Balaban J connectivity index is 3.04. The van der Waals surface area contributed by atoms with Crippen LogP contribution in [0.15, 0.2) is 24.3 Å². The molecular weight excluding hydrogens is 387 g/mol. The van der Waals surface area contributed by atoms with Gasteiger partial charge in [-0.05, 0) is 0 Å². The molecule has 0 fully saturated rings. The number of ketones is 1. The van der Waals surface area contributed by atoms with E-state index in [0.717, 1.165) is 0 Å². The second kappa shape index (κ2) is 11.3. The second-order valence-corrected chi connectivity index (χ2v) is 20.4. The van der Waals surface area contributed by atoms with E-state index in [9.17, 15) is 4.79 Å².